The molecular weight excluding hydrogens is 241 g/mol. The van der Waals surface area contributed by atoms with Gasteiger partial charge >= 0.3 is 11.9 Å². The highest BCUT2D eigenvalue weighted by Gasteiger charge is 2.33. The molecule has 2 rings (SSSR count). The summed E-state index contributed by atoms with van der Waals surface area (Å²) in [4.78, 5) is 17.7. The molecule has 9 heteroatoms. The van der Waals surface area contributed by atoms with Crippen molar-refractivity contribution in [3.63, 3.8) is 0 Å². The van der Waals surface area contributed by atoms with E-state index in [4.69, 9.17) is 0 Å². The second-order valence-corrected chi connectivity index (χ2v) is 3.12. The van der Waals surface area contributed by atoms with Crippen molar-refractivity contribution in [2.24, 2.45) is 7.05 Å². The maximum absolute atomic E-state index is 12.4. The Morgan fingerprint density at radius 2 is 2.06 bits per heavy atom. The SMILES string of the molecule is Cn1c(-c2cc(C(F)(F)F)ncn2)noc1=O. The first-order valence-electron chi connectivity index (χ1n) is 4.32. The van der Waals surface area contributed by atoms with Crippen LogP contribution in [0.15, 0.2) is 21.7 Å². The van der Waals surface area contributed by atoms with Crippen LogP contribution in [-0.4, -0.2) is 19.7 Å². The van der Waals surface area contributed by atoms with Gasteiger partial charge in [0, 0.05) is 7.05 Å². The fourth-order valence-corrected chi connectivity index (χ4v) is 1.14. The Bertz CT molecular complexity index is 601. The molecule has 0 atom stereocenters. The van der Waals surface area contributed by atoms with Crippen LogP contribution in [0.4, 0.5) is 13.2 Å². The van der Waals surface area contributed by atoms with Gasteiger partial charge in [-0.1, -0.05) is 5.16 Å². The van der Waals surface area contributed by atoms with Gasteiger partial charge in [0.25, 0.3) is 0 Å². The maximum Gasteiger partial charge on any atom is 0.441 e. The molecule has 6 nitrogen and oxygen atoms in total. The van der Waals surface area contributed by atoms with Crippen LogP contribution in [-0.2, 0) is 13.2 Å². The molecule has 2 aromatic rings. The van der Waals surface area contributed by atoms with E-state index in [0.717, 1.165) is 10.9 Å². The van der Waals surface area contributed by atoms with Gasteiger partial charge in [0.05, 0.1) is 0 Å². The molecule has 0 saturated heterocycles. The van der Waals surface area contributed by atoms with E-state index < -0.39 is 17.6 Å². The zero-order valence-electron chi connectivity index (χ0n) is 8.39. The minimum atomic E-state index is -4.58. The third-order valence-electron chi connectivity index (χ3n) is 1.99. The van der Waals surface area contributed by atoms with Crippen molar-refractivity contribution in [3.8, 4) is 11.5 Å². The molecule has 0 spiro atoms. The van der Waals surface area contributed by atoms with E-state index in [9.17, 15) is 18.0 Å². The fraction of sp³-hybridized carbons (Fsp3) is 0.250. The van der Waals surface area contributed by atoms with Crippen molar-refractivity contribution in [3.05, 3.63) is 28.6 Å². The van der Waals surface area contributed by atoms with Crippen molar-refractivity contribution < 1.29 is 17.7 Å². The normalized spacial score (nSPS) is 11.8. The van der Waals surface area contributed by atoms with E-state index in [1.165, 1.54) is 7.05 Å². The van der Waals surface area contributed by atoms with Crippen LogP contribution in [0.2, 0.25) is 0 Å². The van der Waals surface area contributed by atoms with Gasteiger partial charge in [-0.05, 0) is 6.07 Å². The summed E-state index contributed by atoms with van der Waals surface area (Å²) in [6, 6.07) is 0.692. The largest absolute Gasteiger partial charge is 0.441 e. The molecule has 0 fully saturated rings. The second-order valence-electron chi connectivity index (χ2n) is 3.12. The Morgan fingerprint density at radius 1 is 1.35 bits per heavy atom. The van der Waals surface area contributed by atoms with Gasteiger partial charge in [0.2, 0.25) is 5.82 Å². The number of nitrogens with zero attached hydrogens (tertiary/aromatic N) is 4. The maximum atomic E-state index is 12.4. The molecule has 0 bridgehead atoms. The van der Waals surface area contributed by atoms with Crippen molar-refractivity contribution in [1.29, 1.82) is 0 Å². The lowest BCUT2D eigenvalue weighted by atomic mass is 10.3. The topological polar surface area (TPSA) is 73.8 Å². The average Bonchev–Trinajstić information content (AvgIpc) is 2.59. The molecule has 0 aliphatic rings. The molecule has 2 aromatic heterocycles. The van der Waals surface area contributed by atoms with E-state index in [2.05, 4.69) is 19.6 Å². The van der Waals surface area contributed by atoms with E-state index in [0.29, 0.717) is 6.07 Å². The van der Waals surface area contributed by atoms with Crippen LogP contribution in [0.25, 0.3) is 11.5 Å². The smallest absolute Gasteiger partial charge is 0.295 e. The molecule has 0 aromatic carbocycles. The first-order chi connectivity index (χ1) is 7.89. The third kappa shape index (κ3) is 2.03. The summed E-state index contributed by atoms with van der Waals surface area (Å²) in [5, 5.41) is 3.33. The first kappa shape index (κ1) is 11.3. The van der Waals surface area contributed by atoms with Crippen LogP contribution in [0, 0.1) is 0 Å². The highest BCUT2D eigenvalue weighted by molar-refractivity contribution is 5.48. The Balaban J connectivity index is 2.54. The van der Waals surface area contributed by atoms with E-state index in [-0.39, 0.29) is 11.5 Å². The highest BCUT2D eigenvalue weighted by Crippen LogP contribution is 2.28. The molecule has 90 valence electrons. The van der Waals surface area contributed by atoms with Crippen LogP contribution in [0.1, 0.15) is 5.69 Å². The highest BCUT2D eigenvalue weighted by atomic mass is 19.4. The van der Waals surface area contributed by atoms with Gasteiger partial charge < -0.3 is 0 Å². The molecule has 0 aliphatic carbocycles. The van der Waals surface area contributed by atoms with Crippen LogP contribution < -0.4 is 5.76 Å². The predicted octanol–water partition coefficient (Wildman–Crippen LogP) is 0.849. The standard InChI is InChI=1S/C8H5F3N4O2/c1-15-6(14-17-7(15)16)4-2-5(8(9,10)11)13-3-12-4/h2-3H,1H3. The van der Waals surface area contributed by atoms with Crippen molar-refractivity contribution >= 4 is 0 Å². The third-order valence-corrected chi connectivity index (χ3v) is 1.99. The summed E-state index contributed by atoms with van der Waals surface area (Å²) >= 11 is 0. The summed E-state index contributed by atoms with van der Waals surface area (Å²) in [6.07, 6.45) is -3.84. The lowest BCUT2D eigenvalue weighted by Gasteiger charge is -2.05. The summed E-state index contributed by atoms with van der Waals surface area (Å²) in [7, 11) is 1.31. The summed E-state index contributed by atoms with van der Waals surface area (Å²) in [6.45, 7) is 0. The van der Waals surface area contributed by atoms with Crippen molar-refractivity contribution in [2.45, 2.75) is 6.18 Å². The molecule has 17 heavy (non-hydrogen) atoms. The fourth-order valence-electron chi connectivity index (χ4n) is 1.14. The zero-order valence-corrected chi connectivity index (χ0v) is 8.39. The number of hydrogen-bond donors (Lipinski definition) is 0. The molecule has 0 amide bonds. The number of rotatable bonds is 1. The Kier molecular flexibility index (Phi) is 2.45. The number of halogens is 3. The first-order valence-corrected chi connectivity index (χ1v) is 4.32. The Morgan fingerprint density at radius 3 is 2.59 bits per heavy atom. The molecule has 0 radical (unpaired) electrons. The van der Waals surface area contributed by atoms with E-state index in [1.807, 2.05) is 0 Å². The molecule has 0 saturated carbocycles. The monoisotopic (exact) mass is 246 g/mol. The van der Waals surface area contributed by atoms with Crippen molar-refractivity contribution in [2.75, 3.05) is 0 Å². The average molecular weight is 246 g/mol. The number of alkyl halides is 3. The molecule has 0 aliphatic heterocycles. The Labute approximate surface area is 91.7 Å². The van der Waals surface area contributed by atoms with E-state index >= 15 is 0 Å². The van der Waals surface area contributed by atoms with Gasteiger partial charge in [-0.15, -0.1) is 0 Å². The van der Waals surface area contributed by atoms with Gasteiger partial charge in [-0.3, -0.25) is 9.09 Å². The van der Waals surface area contributed by atoms with Crippen LogP contribution in [0.5, 0.6) is 0 Å². The summed E-state index contributed by atoms with van der Waals surface area (Å²) < 4.78 is 42.4. The number of aromatic nitrogens is 4. The number of hydrogen-bond acceptors (Lipinski definition) is 5. The molecular formula is C8H5F3N4O2. The van der Waals surface area contributed by atoms with Gasteiger partial charge in [-0.25, -0.2) is 14.8 Å². The van der Waals surface area contributed by atoms with E-state index in [1.54, 1.807) is 0 Å². The Hall–Kier alpha value is -2.19. The zero-order chi connectivity index (χ0) is 12.6. The van der Waals surface area contributed by atoms with Crippen LogP contribution >= 0.6 is 0 Å². The van der Waals surface area contributed by atoms with Gasteiger partial charge in [0.1, 0.15) is 17.7 Å². The lowest BCUT2D eigenvalue weighted by Crippen LogP contribution is -2.12. The second kappa shape index (κ2) is 3.68. The molecule has 0 N–H and O–H groups in total. The summed E-state index contributed by atoms with van der Waals surface area (Å²) in [5.74, 6) is -0.880. The minimum absolute atomic E-state index is 0.0945. The predicted molar refractivity (Wildman–Crippen MR) is 47.8 cm³/mol. The quantitative estimate of drug-likeness (QED) is 0.745. The summed E-state index contributed by atoms with van der Waals surface area (Å²) in [5.41, 5.74) is -1.25. The van der Waals surface area contributed by atoms with Gasteiger partial charge in [-0.2, -0.15) is 13.2 Å². The van der Waals surface area contributed by atoms with Crippen LogP contribution in [0.3, 0.4) is 0 Å². The van der Waals surface area contributed by atoms with Crippen molar-refractivity contribution in [1.82, 2.24) is 19.7 Å². The minimum Gasteiger partial charge on any atom is -0.295 e. The molecule has 2 heterocycles. The van der Waals surface area contributed by atoms with Gasteiger partial charge in [0.15, 0.2) is 0 Å². The molecule has 0 unspecified atom stereocenters. The lowest BCUT2D eigenvalue weighted by molar-refractivity contribution is -0.141.